The lowest BCUT2D eigenvalue weighted by Crippen LogP contribution is -2.31. The fraction of sp³-hybridized carbons (Fsp3) is 0.533. The minimum atomic E-state index is -0.371. The van der Waals surface area contributed by atoms with Gasteiger partial charge in [0, 0.05) is 25.7 Å². The van der Waals surface area contributed by atoms with Crippen LogP contribution in [0, 0.1) is 5.82 Å². The normalized spacial score (nSPS) is 14.7. The van der Waals surface area contributed by atoms with Gasteiger partial charge in [-0.25, -0.2) is 9.18 Å². The van der Waals surface area contributed by atoms with E-state index in [9.17, 15) is 9.18 Å². The van der Waals surface area contributed by atoms with E-state index in [0.717, 1.165) is 5.56 Å². The second-order valence-electron chi connectivity index (χ2n) is 5.37. The van der Waals surface area contributed by atoms with E-state index in [0.29, 0.717) is 32.2 Å². The monoisotopic (exact) mass is 295 g/mol. The Morgan fingerprint density at radius 1 is 1.48 bits per heavy atom. The largest absolute Gasteiger partial charge is 0.489 e. The minimum Gasteiger partial charge on any atom is -0.489 e. The zero-order valence-electron chi connectivity index (χ0n) is 12.5. The van der Waals surface area contributed by atoms with Crippen LogP contribution in [0.2, 0.25) is 0 Å². The Morgan fingerprint density at radius 3 is 2.90 bits per heavy atom. The summed E-state index contributed by atoms with van der Waals surface area (Å²) in [6.45, 7) is 6.79. The molecular formula is C15H22FN3O2. The summed E-state index contributed by atoms with van der Waals surface area (Å²) in [4.78, 5) is 13.0. The van der Waals surface area contributed by atoms with Gasteiger partial charge in [-0.1, -0.05) is 19.9 Å². The number of amides is 2. The average Bonchev–Trinajstić information content (AvgIpc) is 2.84. The van der Waals surface area contributed by atoms with Gasteiger partial charge in [-0.15, -0.1) is 0 Å². The van der Waals surface area contributed by atoms with Crippen molar-refractivity contribution in [2.45, 2.75) is 26.4 Å². The van der Waals surface area contributed by atoms with Gasteiger partial charge >= 0.3 is 6.03 Å². The van der Waals surface area contributed by atoms with Gasteiger partial charge in [-0.2, -0.15) is 0 Å². The molecule has 1 aromatic carbocycles. The van der Waals surface area contributed by atoms with Gasteiger partial charge in [0.1, 0.15) is 6.61 Å². The maximum absolute atomic E-state index is 13.9. The van der Waals surface area contributed by atoms with Crippen molar-refractivity contribution in [2.24, 2.45) is 0 Å². The number of hydrogen-bond acceptors (Lipinski definition) is 3. The highest BCUT2D eigenvalue weighted by molar-refractivity contribution is 5.76. The lowest BCUT2D eigenvalue weighted by Gasteiger charge is -2.15. The quantitative estimate of drug-likeness (QED) is 0.805. The zero-order valence-corrected chi connectivity index (χ0v) is 12.5. The molecule has 0 saturated carbocycles. The second kappa shape index (κ2) is 7.26. The summed E-state index contributed by atoms with van der Waals surface area (Å²) in [5, 5.41) is 5.95. The number of nitrogens with zero attached hydrogens (tertiary/aromatic N) is 1. The van der Waals surface area contributed by atoms with Crippen LogP contribution in [-0.4, -0.2) is 43.2 Å². The van der Waals surface area contributed by atoms with Crippen LogP contribution in [0.1, 0.15) is 19.4 Å². The predicted octanol–water partition coefficient (Wildman–Crippen LogP) is 1.73. The fourth-order valence-corrected chi connectivity index (χ4v) is 2.08. The van der Waals surface area contributed by atoms with Crippen LogP contribution >= 0.6 is 0 Å². The molecule has 2 amide bonds. The highest BCUT2D eigenvalue weighted by Gasteiger charge is 2.18. The van der Waals surface area contributed by atoms with Gasteiger partial charge in [0.05, 0.1) is 6.54 Å². The van der Waals surface area contributed by atoms with Crippen molar-refractivity contribution in [1.29, 1.82) is 0 Å². The lowest BCUT2D eigenvalue weighted by atomic mass is 10.2. The second-order valence-corrected chi connectivity index (χ2v) is 5.37. The molecule has 1 aliphatic rings. The number of hydrogen-bond donors (Lipinski definition) is 2. The Balaban J connectivity index is 1.81. The molecule has 1 fully saturated rings. The van der Waals surface area contributed by atoms with Crippen LogP contribution in [0.15, 0.2) is 18.2 Å². The Bertz CT molecular complexity index is 494. The maximum atomic E-state index is 13.9. The van der Waals surface area contributed by atoms with E-state index >= 15 is 0 Å². The summed E-state index contributed by atoms with van der Waals surface area (Å²) in [5.41, 5.74) is 0.882. The Hall–Kier alpha value is -1.82. The number of ether oxygens (including phenoxy) is 1. The topological polar surface area (TPSA) is 53.6 Å². The first-order valence-electron chi connectivity index (χ1n) is 7.23. The fourth-order valence-electron chi connectivity index (χ4n) is 2.08. The third-order valence-corrected chi connectivity index (χ3v) is 3.27. The highest BCUT2D eigenvalue weighted by Crippen LogP contribution is 2.18. The van der Waals surface area contributed by atoms with Crippen molar-refractivity contribution in [3.63, 3.8) is 0 Å². The van der Waals surface area contributed by atoms with E-state index in [-0.39, 0.29) is 24.2 Å². The molecule has 2 N–H and O–H groups in total. The SMILES string of the molecule is CC(C)NCc1ccc(OCCN2CCNC2=O)c(F)c1. The summed E-state index contributed by atoms with van der Waals surface area (Å²) < 4.78 is 19.3. The molecule has 21 heavy (non-hydrogen) atoms. The van der Waals surface area contributed by atoms with E-state index in [2.05, 4.69) is 10.6 Å². The van der Waals surface area contributed by atoms with Crippen molar-refractivity contribution in [2.75, 3.05) is 26.2 Å². The molecular weight excluding hydrogens is 273 g/mol. The van der Waals surface area contributed by atoms with Crippen LogP contribution in [0.4, 0.5) is 9.18 Å². The lowest BCUT2D eigenvalue weighted by molar-refractivity contribution is 0.201. The Morgan fingerprint density at radius 2 is 2.29 bits per heavy atom. The zero-order chi connectivity index (χ0) is 15.2. The van der Waals surface area contributed by atoms with Crippen LogP contribution in [0.5, 0.6) is 5.75 Å². The van der Waals surface area contributed by atoms with E-state index in [1.54, 1.807) is 11.0 Å². The van der Waals surface area contributed by atoms with Gasteiger partial charge < -0.3 is 20.3 Å². The third kappa shape index (κ3) is 4.60. The van der Waals surface area contributed by atoms with Crippen LogP contribution in [0.25, 0.3) is 0 Å². The van der Waals surface area contributed by atoms with E-state index < -0.39 is 0 Å². The molecule has 0 aromatic heterocycles. The summed E-state index contributed by atoms with van der Waals surface area (Å²) >= 11 is 0. The molecule has 0 unspecified atom stereocenters. The van der Waals surface area contributed by atoms with E-state index in [1.165, 1.54) is 6.07 Å². The van der Waals surface area contributed by atoms with Crippen molar-refractivity contribution < 1.29 is 13.9 Å². The molecule has 2 rings (SSSR count). The van der Waals surface area contributed by atoms with Crippen LogP contribution < -0.4 is 15.4 Å². The van der Waals surface area contributed by atoms with Gasteiger partial charge in [0.25, 0.3) is 0 Å². The Kier molecular flexibility index (Phi) is 5.38. The average molecular weight is 295 g/mol. The third-order valence-electron chi connectivity index (χ3n) is 3.27. The molecule has 1 saturated heterocycles. The van der Waals surface area contributed by atoms with Crippen molar-refractivity contribution in [3.8, 4) is 5.75 Å². The first-order valence-corrected chi connectivity index (χ1v) is 7.23. The molecule has 5 nitrogen and oxygen atoms in total. The molecule has 1 aromatic rings. The first-order chi connectivity index (χ1) is 10.1. The molecule has 0 bridgehead atoms. The number of carbonyl (C=O) groups excluding carboxylic acids is 1. The van der Waals surface area contributed by atoms with Gasteiger partial charge in [-0.3, -0.25) is 0 Å². The summed E-state index contributed by atoms with van der Waals surface area (Å²) in [5.74, 6) is -0.146. The minimum absolute atomic E-state index is 0.0887. The molecule has 0 aliphatic carbocycles. The van der Waals surface area contributed by atoms with Gasteiger partial charge in [-0.05, 0) is 17.7 Å². The highest BCUT2D eigenvalue weighted by atomic mass is 19.1. The first kappa shape index (κ1) is 15.6. The molecule has 116 valence electrons. The molecule has 1 aliphatic heterocycles. The molecule has 0 radical (unpaired) electrons. The smallest absolute Gasteiger partial charge is 0.317 e. The number of rotatable bonds is 7. The standard InChI is InChI=1S/C15H22FN3O2/c1-11(2)18-10-12-3-4-14(13(16)9-12)21-8-7-19-6-5-17-15(19)20/h3-4,9,11,18H,5-8,10H2,1-2H3,(H,17,20). The van der Waals surface area contributed by atoms with Crippen molar-refractivity contribution in [1.82, 2.24) is 15.5 Å². The summed E-state index contributed by atoms with van der Waals surface area (Å²) in [6.07, 6.45) is 0. The summed E-state index contributed by atoms with van der Waals surface area (Å²) in [7, 11) is 0. The van der Waals surface area contributed by atoms with Gasteiger partial charge in [0.2, 0.25) is 0 Å². The van der Waals surface area contributed by atoms with Crippen molar-refractivity contribution in [3.05, 3.63) is 29.6 Å². The number of nitrogens with one attached hydrogen (secondary N) is 2. The van der Waals surface area contributed by atoms with Crippen LogP contribution in [0.3, 0.4) is 0 Å². The van der Waals surface area contributed by atoms with Crippen molar-refractivity contribution >= 4 is 6.03 Å². The predicted molar refractivity (Wildman–Crippen MR) is 78.8 cm³/mol. The number of halogens is 1. The number of carbonyl (C=O) groups is 1. The van der Waals surface area contributed by atoms with E-state index in [1.807, 2.05) is 19.9 Å². The number of benzene rings is 1. The molecule has 0 spiro atoms. The van der Waals surface area contributed by atoms with Crippen LogP contribution in [-0.2, 0) is 6.54 Å². The molecule has 1 heterocycles. The number of urea groups is 1. The molecule has 6 heteroatoms. The summed E-state index contributed by atoms with van der Waals surface area (Å²) in [6, 6.07) is 5.23. The maximum Gasteiger partial charge on any atom is 0.317 e. The van der Waals surface area contributed by atoms with E-state index in [4.69, 9.17) is 4.74 Å². The Labute approximate surface area is 124 Å². The van der Waals surface area contributed by atoms with Gasteiger partial charge in [0.15, 0.2) is 11.6 Å². The molecule has 0 atom stereocenters.